The molecule has 12 heteroatoms. The summed E-state index contributed by atoms with van der Waals surface area (Å²) in [6.07, 6.45) is 1.33. The number of aliphatic hydroxyl groups excluding tert-OH is 2. The van der Waals surface area contributed by atoms with E-state index in [1.807, 2.05) is 60.4 Å². The highest BCUT2D eigenvalue weighted by Gasteiger charge is 2.54. The summed E-state index contributed by atoms with van der Waals surface area (Å²) in [7, 11) is 0. The second-order valence-electron chi connectivity index (χ2n) is 13.4. The van der Waals surface area contributed by atoms with Gasteiger partial charge in [-0.3, -0.25) is 14.5 Å². The molecule has 2 aromatic rings. The number of amides is 2. The van der Waals surface area contributed by atoms with E-state index in [-0.39, 0.29) is 49.1 Å². The number of rotatable bonds is 8. The van der Waals surface area contributed by atoms with E-state index >= 15 is 0 Å². The van der Waals surface area contributed by atoms with E-state index in [4.69, 9.17) is 28.2 Å². The molecule has 2 N–H and O–H groups in total. The molecule has 0 spiro atoms. The molecule has 2 saturated heterocycles. The molecule has 0 bridgehead atoms. The maximum atomic E-state index is 14.7. The Morgan fingerprint density at radius 3 is 2.30 bits per heavy atom. The summed E-state index contributed by atoms with van der Waals surface area (Å²) in [5.74, 6) is -0.222. The Labute approximate surface area is 291 Å². The second-order valence-corrected chi connectivity index (χ2v) is 15.2. The Morgan fingerprint density at radius 2 is 1.68 bits per heavy atom. The molecule has 9 nitrogen and oxygen atoms in total. The van der Waals surface area contributed by atoms with Gasteiger partial charge in [0, 0.05) is 48.0 Å². The average molecular weight is 701 g/mol. The van der Waals surface area contributed by atoms with Gasteiger partial charge in [0.1, 0.15) is 16.5 Å². The number of fused-ring (bicyclic) bond motifs is 1. The van der Waals surface area contributed by atoms with Crippen LogP contribution in [0.15, 0.2) is 64.1 Å². The lowest BCUT2D eigenvalue weighted by atomic mass is 9.81. The predicted molar refractivity (Wildman–Crippen MR) is 187 cm³/mol. The first-order valence-corrected chi connectivity index (χ1v) is 18.0. The summed E-state index contributed by atoms with van der Waals surface area (Å²) in [6, 6.07) is 14.5. The monoisotopic (exact) mass is 699 g/mol. The minimum absolute atomic E-state index is 0.00212. The number of aliphatic imine (C=N–C) groups is 1. The number of allylic oxidation sites excluding steroid dienone is 1. The van der Waals surface area contributed by atoms with Crippen LogP contribution in [0, 0.1) is 5.92 Å². The maximum absolute atomic E-state index is 14.7. The zero-order valence-corrected chi connectivity index (χ0v) is 29.6. The third-order valence-corrected chi connectivity index (χ3v) is 11.6. The predicted octanol–water partition coefficient (Wildman–Crippen LogP) is 5.11. The molecule has 2 amide bonds. The first kappa shape index (κ1) is 34.3. The van der Waals surface area contributed by atoms with Crippen LogP contribution in [-0.2, 0) is 15.1 Å². The van der Waals surface area contributed by atoms with E-state index in [0.29, 0.717) is 47.6 Å². The van der Waals surface area contributed by atoms with Crippen molar-refractivity contribution in [2.24, 2.45) is 10.9 Å². The zero-order chi connectivity index (χ0) is 33.6. The normalized spacial score (nSPS) is 28.0. The van der Waals surface area contributed by atoms with Gasteiger partial charge in [0.05, 0.1) is 25.3 Å². The molecule has 0 radical (unpaired) electrons. The van der Waals surface area contributed by atoms with Gasteiger partial charge in [-0.1, -0.05) is 61.3 Å². The van der Waals surface area contributed by atoms with Gasteiger partial charge in [0.25, 0.3) is 5.91 Å². The molecule has 2 fully saturated rings. The molecular weight excluding hydrogens is 657 g/mol. The van der Waals surface area contributed by atoms with Gasteiger partial charge in [0.2, 0.25) is 5.91 Å². The first-order chi connectivity index (χ1) is 22.5. The van der Waals surface area contributed by atoms with E-state index in [1.165, 1.54) is 11.8 Å². The van der Waals surface area contributed by atoms with E-state index in [9.17, 15) is 19.8 Å². The lowest BCUT2D eigenvalue weighted by Crippen LogP contribution is -2.60. The topological polar surface area (TPSA) is 99.9 Å². The van der Waals surface area contributed by atoms with Crippen LogP contribution in [0.5, 0.6) is 0 Å². The molecule has 47 heavy (non-hydrogen) atoms. The minimum atomic E-state index is -0.670. The number of benzene rings is 2. The van der Waals surface area contributed by atoms with Gasteiger partial charge >= 0.3 is 0 Å². The summed E-state index contributed by atoms with van der Waals surface area (Å²) in [5, 5.41) is 21.5. The molecule has 252 valence electrons. The number of piperazine rings is 1. The number of hydrogen-bond donors (Lipinski definition) is 2. The van der Waals surface area contributed by atoms with Crippen molar-refractivity contribution in [2.45, 2.75) is 70.2 Å². The average Bonchev–Trinajstić information content (AvgIpc) is 3.70. The molecule has 0 saturated carbocycles. The quantitative estimate of drug-likeness (QED) is 0.395. The van der Waals surface area contributed by atoms with E-state index in [1.54, 1.807) is 9.80 Å². The highest BCUT2D eigenvalue weighted by atomic mass is 35.5. The molecular formula is C35H43Cl2N5O4S. The van der Waals surface area contributed by atoms with Crippen LogP contribution in [0.25, 0.3) is 0 Å². The van der Waals surface area contributed by atoms with Crippen LogP contribution in [-0.4, -0.2) is 104 Å². The van der Waals surface area contributed by atoms with Crippen LogP contribution in [0.3, 0.4) is 0 Å². The first-order valence-electron chi connectivity index (χ1n) is 16.4. The van der Waals surface area contributed by atoms with Crippen molar-refractivity contribution in [2.75, 3.05) is 39.4 Å². The van der Waals surface area contributed by atoms with Crippen LogP contribution in [0.4, 0.5) is 0 Å². The van der Waals surface area contributed by atoms with Gasteiger partial charge < -0.3 is 24.9 Å². The Morgan fingerprint density at radius 1 is 1.02 bits per heavy atom. The fourth-order valence-corrected chi connectivity index (χ4v) is 9.25. The van der Waals surface area contributed by atoms with Crippen molar-refractivity contribution < 1.29 is 19.8 Å². The number of hydrogen-bond acceptors (Lipinski definition) is 8. The summed E-state index contributed by atoms with van der Waals surface area (Å²) in [6.45, 7) is 10.1. The lowest BCUT2D eigenvalue weighted by Gasteiger charge is -2.42. The molecule has 4 aliphatic heterocycles. The maximum Gasteiger partial charge on any atom is 0.263 e. The fraction of sp³-hybridized carbons (Fsp3) is 0.514. The number of halogens is 2. The van der Waals surface area contributed by atoms with Crippen molar-refractivity contribution in [3.8, 4) is 0 Å². The van der Waals surface area contributed by atoms with Crippen molar-refractivity contribution in [3.05, 3.63) is 80.3 Å². The van der Waals surface area contributed by atoms with E-state index in [2.05, 4.69) is 25.7 Å². The summed E-state index contributed by atoms with van der Waals surface area (Å²) in [5.41, 5.74) is 2.27. The van der Waals surface area contributed by atoms with Crippen LogP contribution < -0.4 is 0 Å². The zero-order valence-electron chi connectivity index (χ0n) is 27.3. The molecule has 5 atom stereocenters. The van der Waals surface area contributed by atoms with Crippen molar-refractivity contribution in [3.63, 3.8) is 0 Å². The Balaban J connectivity index is 1.34. The second kappa shape index (κ2) is 13.7. The van der Waals surface area contributed by atoms with Crippen LogP contribution in [0.2, 0.25) is 10.0 Å². The smallest absolute Gasteiger partial charge is 0.263 e. The van der Waals surface area contributed by atoms with Crippen molar-refractivity contribution in [1.82, 2.24) is 19.6 Å². The number of carbonyl (C=O) groups is 2. The Kier molecular flexibility index (Phi) is 10.0. The number of aliphatic hydroxyl groups is 2. The van der Waals surface area contributed by atoms with Gasteiger partial charge in [-0.15, -0.1) is 0 Å². The summed E-state index contributed by atoms with van der Waals surface area (Å²) in [4.78, 5) is 42.5. The van der Waals surface area contributed by atoms with Gasteiger partial charge in [-0.2, -0.15) is 0 Å². The van der Waals surface area contributed by atoms with Gasteiger partial charge in [-0.25, -0.2) is 4.99 Å². The third-order valence-electron chi connectivity index (χ3n) is 10.1. The van der Waals surface area contributed by atoms with Crippen LogP contribution in [0.1, 0.15) is 57.7 Å². The number of β-amino-alcohol motifs (C(OH)–C–C–N with tert-alkyl or cyclic N) is 1. The number of amidine groups is 1. The van der Waals surface area contributed by atoms with Crippen LogP contribution >= 0.6 is 35.0 Å². The van der Waals surface area contributed by atoms with E-state index in [0.717, 1.165) is 28.4 Å². The molecule has 0 aromatic heterocycles. The summed E-state index contributed by atoms with van der Waals surface area (Å²) < 4.78 is 0. The summed E-state index contributed by atoms with van der Waals surface area (Å²) >= 11 is 14.0. The SMILES string of the molecule is CC(C)C1=C(C(=O)N2[C@H](C)CC[C@@H]2C(=O)N2CCN(CCO)[C@@H](CO)C2)SC2=N[C@@](C)(c3ccc(Cl)cc3)[C@@H](c3ccc(Cl)cc3)N21. The largest absolute Gasteiger partial charge is 0.395 e. The number of likely N-dealkylation sites (tertiary alicyclic amines) is 1. The van der Waals surface area contributed by atoms with Gasteiger partial charge in [0.15, 0.2) is 5.17 Å². The fourth-order valence-electron chi connectivity index (χ4n) is 7.65. The number of carbonyl (C=O) groups excluding carboxylic acids is 2. The van der Waals surface area contributed by atoms with E-state index < -0.39 is 11.6 Å². The highest BCUT2D eigenvalue weighted by Crippen LogP contribution is 2.56. The van der Waals surface area contributed by atoms with Crippen molar-refractivity contribution >= 4 is 51.9 Å². The van der Waals surface area contributed by atoms with Gasteiger partial charge in [-0.05, 0) is 79.8 Å². The Hall–Kier alpha value is -2.60. The molecule has 4 aliphatic rings. The molecule has 0 unspecified atom stereocenters. The van der Waals surface area contributed by atoms with Crippen molar-refractivity contribution in [1.29, 1.82) is 0 Å². The lowest BCUT2D eigenvalue weighted by molar-refractivity contribution is -0.145. The molecule has 0 aliphatic carbocycles. The standard InChI is InChI=1S/C35H43Cl2N5O4S/c1-21(2)29-30(33(46)41-22(3)5-14-28(41)32(45)40-16-15-39(17-18-43)27(19-40)20-44)47-34-38-35(4,24-8-12-26(37)13-9-24)31(42(29)34)23-6-10-25(36)11-7-23/h6-13,21-22,27-28,31,43-44H,5,14-20H2,1-4H3/t22-,27-,28-,31-,35+/m1/s1. The molecule has 4 heterocycles. The molecule has 2 aromatic carbocycles. The minimum Gasteiger partial charge on any atom is -0.395 e. The third kappa shape index (κ3) is 6.22. The number of nitrogens with zero attached hydrogens (tertiary/aromatic N) is 5. The number of thioether (sulfide) groups is 1. The molecule has 6 rings (SSSR count). The highest BCUT2D eigenvalue weighted by molar-refractivity contribution is 8.18. The Bertz CT molecular complexity index is 1570.